The Bertz CT molecular complexity index is 811. The van der Waals surface area contributed by atoms with Crippen molar-refractivity contribution in [2.45, 2.75) is 19.1 Å². The number of ether oxygens (including phenoxy) is 2. The molecule has 0 saturated carbocycles. The van der Waals surface area contributed by atoms with Crippen molar-refractivity contribution in [2.75, 3.05) is 26.3 Å². The van der Waals surface area contributed by atoms with E-state index in [4.69, 9.17) is 44.3 Å². The molecule has 2 aliphatic heterocycles. The quantitative estimate of drug-likeness (QED) is 0.679. The predicted octanol–water partition coefficient (Wildman–Crippen LogP) is 5.09. The number of hydrogen-bond acceptors (Lipinski definition) is 4. The van der Waals surface area contributed by atoms with Crippen molar-refractivity contribution >= 4 is 62.1 Å². The van der Waals surface area contributed by atoms with E-state index < -0.39 is 0 Å². The lowest BCUT2D eigenvalue weighted by Crippen LogP contribution is -2.41. The number of hydrogen-bond donors (Lipinski definition) is 0. The summed E-state index contributed by atoms with van der Waals surface area (Å²) >= 11 is 20.1. The standard InChI is InChI=1S/C17H16Cl3NO3S/c18-10-7-11(19)13-12(8-10)25-15(14(13)20)16(22)21-3-1-9(2-4-21)17-23-5-6-24-17/h7-9,17H,1-6H2. The molecular formula is C17H16Cl3NO3S. The number of fused-ring (bicyclic) bond motifs is 1. The smallest absolute Gasteiger partial charge is 0.265 e. The fourth-order valence-corrected chi connectivity index (χ4v) is 5.76. The Morgan fingerprint density at radius 3 is 2.48 bits per heavy atom. The first kappa shape index (κ1) is 17.8. The van der Waals surface area contributed by atoms with Crippen LogP contribution in [0, 0.1) is 5.92 Å². The normalized spacial score (nSPS) is 19.9. The molecule has 2 saturated heterocycles. The average molecular weight is 421 g/mol. The zero-order valence-corrected chi connectivity index (χ0v) is 16.4. The summed E-state index contributed by atoms with van der Waals surface area (Å²) in [6.07, 6.45) is 1.61. The topological polar surface area (TPSA) is 38.8 Å². The van der Waals surface area contributed by atoms with Crippen LogP contribution in [0.4, 0.5) is 0 Å². The fourth-order valence-electron chi connectivity index (χ4n) is 3.42. The van der Waals surface area contributed by atoms with Crippen LogP contribution >= 0.6 is 46.1 Å². The zero-order valence-electron chi connectivity index (χ0n) is 13.3. The zero-order chi connectivity index (χ0) is 17.6. The fraction of sp³-hybridized carbons (Fsp3) is 0.471. The lowest BCUT2D eigenvalue weighted by atomic mass is 9.96. The third kappa shape index (κ3) is 3.38. The maximum absolute atomic E-state index is 12.9. The molecule has 8 heteroatoms. The average Bonchev–Trinajstić information content (AvgIpc) is 3.23. The van der Waals surface area contributed by atoms with Gasteiger partial charge in [-0.1, -0.05) is 34.8 Å². The van der Waals surface area contributed by atoms with Gasteiger partial charge in [0.25, 0.3) is 5.91 Å². The Morgan fingerprint density at radius 2 is 1.80 bits per heavy atom. The van der Waals surface area contributed by atoms with Crippen LogP contribution in [0.2, 0.25) is 15.1 Å². The van der Waals surface area contributed by atoms with Gasteiger partial charge in [0.05, 0.1) is 23.3 Å². The second-order valence-electron chi connectivity index (χ2n) is 6.25. The maximum atomic E-state index is 12.9. The highest BCUT2D eigenvalue weighted by Gasteiger charge is 2.33. The summed E-state index contributed by atoms with van der Waals surface area (Å²) < 4.78 is 12.0. The molecule has 0 unspecified atom stereocenters. The van der Waals surface area contributed by atoms with Crippen molar-refractivity contribution < 1.29 is 14.3 Å². The largest absolute Gasteiger partial charge is 0.350 e. The highest BCUT2D eigenvalue weighted by molar-refractivity contribution is 7.21. The molecule has 0 bridgehead atoms. The highest BCUT2D eigenvalue weighted by atomic mass is 35.5. The summed E-state index contributed by atoms with van der Waals surface area (Å²) in [6.45, 7) is 2.66. The molecule has 0 atom stereocenters. The Morgan fingerprint density at radius 1 is 1.12 bits per heavy atom. The van der Waals surface area contributed by atoms with Crippen molar-refractivity contribution in [3.05, 3.63) is 32.1 Å². The van der Waals surface area contributed by atoms with Crippen LogP contribution in [-0.4, -0.2) is 43.4 Å². The van der Waals surface area contributed by atoms with Crippen molar-refractivity contribution in [1.82, 2.24) is 4.90 Å². The lowest BCUT2D eigenvalue weighted by Gasteiger charge is -2.33. The highest BCUT2D eigenvalue weighted by Crippen LogP contribution is 2.42. The Balaban J connectivity index is 1.52. The number of likely N-dealkylation sites (tertiary alicyclic amines) is 1. The van der Waals surface area contributed by atoms with E-state index in [0.717, 1.165) is 17.5 Å². The molecule has 4 rings (SSSR count). The molecule has 0 radical (unpaired) electrons. The van der Waals surface area contributed by atoms with Crippen LogP contribution < -0.4 is 0 Å². The van der Waals surface area contributed by atoms with E-state index in [-0.39, 0.29) is 12.2 Å². The van der Waals surface area contributed by atoms with Crippen LogP contribution in [0.15, 0.2) is 12.1 Å². The van der Waals surface area contributed by atoms with E-state index in [1.54, 1.807) is 12.1 Å². The predicted molar refractivity (Wildman–Crippen MR) is 101 cm³/mol. The molecule has 2 aliphatic rings. The van der Waals surface area contributed by atoms with Gasteiger partial charge >= 0.3 is 0 Å². The first-order chi connectivity index (χ1) is 12.0. The molecule has 4 nitrogen and oxygen atoms in total. The minimum absolute atomic E-state index is 0.0508. The third-order valence-corrected chi connectivity index (χ3v) is 6.83. The van der Waals surface area contributed by atoms with Gasteiger partial charge in [0, 0.05) is 34.1 Å². The van der Waals surface area contributed by atoms with Crippen LogP contribution in [-0.2, 0) is 9.47 Å². The number of rotatable bonds is 2. The molecule has 1 amide bonds. The van der Waals surface area contributed by atoms with Crippen LogP contribution in [0.3, 0.4) is 0 Å². The minimum atomic E-state index is -0.119. The second-order valence-corrected chi connectivity index (χ2v) is 8.52. The van der Waals surface area contributed by atoms with Gasteiger partial charge in [0.2, 0.25) is 0 Å². The molecule has 0 N–H and O–H groups in total. The maximum Gasteiger partial charge on any atom is 0.265 e. The van der Waals surface area contributed by atoms with Crippen molar-refractivity contribution in [1.29, 1.82) is 0 Å². The number of nitrogens with zero attached hydrogens (tertiary/aromatic N) is 1. The van der Waals surface area contributed by atoms with E-state index >= 15 is 0 Å². The number of amides is 1. The monoisotopic (exact) mass is 419 g/mol. The van der Waals surface area contributed by atoms with Gasteiger partial charge in [-0.25, -0.2) is 0 Å². The van der Waals surface area contributed by atoms with Crippen LogP contribution in [0.5, 0.6) is 0 Å². The molecule has 25 heavy (non-hydrogen) atoms. The van der Waals surface area contributed by atoms with Crippen molar-refractivity contribution in [3.8, 4) is 0 Å². The van der Waals surface area contributed by atoms with E-state index in [1.165, 1.54) is 11.3 Å². The van der Waals surface area contributed by atoms with E-state index in [1.807, 2.05) is 4.90 Å². The molecule has 2 aromatic rings. The second kappa shape index (κ2) is 7.22. The number of carbonyl (C=O) groups excluding carboxylic acids is 1. The number of carbonyl (C=O) groups is 1. The van der Waals surface area contributed by atoms with E-state index in [2.05, 4.69) is 0 Å². The molecule has 2 fully saturated rings. The molecule has 3 heterocycles. The van der Waals surface area contributed by atoms with Gasteiger partial charge in [-0.2, -0.15) is 0 Å². The van der Waals surface area contributed by atoms with Gasteiger partial charge < -0.3 is 14.4 Å². The molecule has 0 aliphatic carbocycles. The van der Waals surface area contributed by atoms with E-state index in [0.29, 0.717) is 57.6 Å². The first-order valence-corrected chi connectivity index (χ1v) is 10.1. The SMILES string of the molecule is O=C(c1sc2cc(Cl)cc(Cl)c2c1Cl)N1CCC(C2OCCO2)CC1. The summed E-state index contributed by atoms with van der Waals surface area (Å²) in [6, 6.07) is 3.43. The minimum Gasteiger partial charge on any atom is -0.350 e. The van der Waals surface area contributed by atoms with Crippen LogP contribution in [0.25, 0.3) is 10.1 Å². The van der Waals surface area contributed by atoms with Gasteiger partial charge in [-0.3, -0.25) is 4.79 Å². The van der Waals surface area contributed by atoms with Crippen molar-refractivity contribution in [3.63, 3.8) is 0 Å². The summed E-state index contributed by atoms with van der Waals surface area (Å²) in [7, 11) is 0. The molecule has 1 aromatic carbocycles. The molecule has 1 aromatic heterocycles. The van der Waals surface area contributed by atoms with Crippen LogP contribution in [0.1, 0.15) is 22.5 Å². The Labute approximate surface area is 164 Å². The Hall–Kier alpha value is -0.560. The van der Waals surface area contributed by atoms with Gasteiger partial charge in [-0.15, -0.1) is 11.3 Å². The summed E-state index contributed by atoms with van der Waals surface area (Å²) in [5.41, 5.74) is 0. The molecular weight excluding hydrogens is 405 g/mol. The Kier molecular flexibility index (Phi) is 5.15. The summed E-state index contributed by atoms with van der Waals surface area (Å²) in [4.78, 5) is 15.3. The first-order valence-electron chi connectivity index (χ1n) is 8.14. The number of halogens is 3. The molecule has 134 valence electrons. The van der Waals surface area contributed by atoms with Crippen molar-refractivity contribution in [2.24, 2.45) is 5.92 Å². The van der Waals surface area contributed by atoms with Gasteiger partial charge in [0.15, 0.2) is 6.29 Å². The van der Waals surface area contributed by atoms with Gasteiger partial charge in [0.1, 0.15) is 4.88 Å². The lowest BCUT2D eigenvalue weighted by molar-refractivity contribution is -0.0955. The number of piperidine rings is 1. The number of thiophene rings is 1. The molecule has 0 spiro atoms. The summed E-state index contributed by atoms with van der Waals surface area (Å²) in [5.74, 6) is 0.294. The number of benzene rings is 1. The third-order valence-electron chi connectivity index (χ3n) is 4.70. The van der Waals surface area contributed by atoms with E-state index in [9.17, 15) is 4.79 Å². The summed E-state index contributed by atoms with van der Waals surface area (Å²) in [5, 5.41) is 2.11. The van der Waals surface area contributed by atoms with Gasteiger partial charge in [-0.05, 0) is 25.0 Å².